The zero-order valence-electron chi connectivity index (χ0n) is 14.2. The molecule has 2 N–H and O–H groups in total. The van der Waals surface area contributed by atoms with Gasteiger partial charge < -0.3 is 0 Å². The predicted molar refractivity (Wildman–Crippen MR) is 98.4 cm³/mol. The van der Waals surface area contributed by atoms with Crippen molar-refractivity contribution in [2.45, 2.75) is 35.6 Å². The number of hydrogen-bond acceptors (Lipinski definition) is 6. The van der Waals surface area contributed by atoms with Gasteiger partial charge in [0.2, 0.25) is 10.0 Å². The quantitative estimate of drug-likeness (QED) is 0.529. The molecule has 0 atom stereocenters. The number of rotatable bonds is 7. The van der Waals surface area contributed by atoms with Crippen LogP contribution in [0.4, 0.5) is 11.4 Å². The van der Waals surface area contributed by atoms with Crippen molar-refractivity contribution in [3.8, 4) is 0 Å². The highest BCUT2D eigenvalue weighted by Gasteiger charge is 2.28. The van der Waals surface area contributed by atoms with E-state index in [1.54, 1.807) is 0 Å². The molecule has 0 heterocycles. The summed E-state index contributed by atoms with van der Waals surface area (Å²) in [7, 11) is -7.87. The van der Waals surface area contributed by atoms with E-state index in [-0.39, 0.29) is 27.2 Å². The molecule has 144 valence electrons. The molecule has 0 radical (unpaired) electrons. The van der Waals surface area contributed by atoms with Crippen LogP contribution in [0.1, 0.15) is 18.4 Å². The summed E-state index contributed by atoms with van der Waals surface area (Å²) in [5, 5.41) is 11.0. The van der Waals surface area contributed by atoms with Gasteiger partial charge in [-0.05, 0) is 44.0 Å². The van der Waals surface area contributed by atoms with E-state index in [0.29, 0.717) is 5.56 Å². The second kappa shape index (κ2) is 6.91. The molecule has 0 unspecified atom stereocenters. The van der Waals surface area contributed by atoms with Crippen LogP contribution in [-0.2, 0) is 20.0 Å². The molecule has 0 saturated heterocycles. The van der Waals surface area contributed by atoms with Crippen molar-refractivity contribution >= 4 is 31.4 Å². The van der Waals surface area contributed by atoms with E-state index in [1.165, 1.54) is 43.3 Å². The van der Waals surface area contributed by atoms with E-state index in [0.717, 1.165) is 18.9 Å². The SMILES string of the molecule is Cc1ccc(S(=O)(=O)Nc2cccc(S(=O)(=O)NC3CC3)c2)cc1[N+](=O)[O-]. The van der Waals surface area contributed by atoms with Gasteiger partial charge in [-0.3, -0.25) is 14.8 Å². The lowest BCUT2D eigenvalue weighted by Crippen LogP contribution is -2.25. The monoisotopic (exact) mass is 411 g/mol. The molecule has 3 rings (SSSR count). The van der Waals surface area contributed by atoms with E-state index in [1.807, 2.05) is 0 Å². The van der Waals surface area contributed by atoms with Crippen LogP contribution in [0.2, 0.25) is 0 Å². The van der Waals surface area contributed by atoms with Crippen LogP contribution >= 0.6 is 0 Å². The standard InChI is InChI=1S/C16H17N3O6S2/c1-11-5-8-15(10-16(11)19(20)21)27(24,25)18-13-3-2-4-14(9-13)26(22,23)17-12-6-7-12/h2-5,8-10,12,17-18H,6-7H2,1H3. The van der Waals surface area contributed by atoms with Crippen molar-refractivity contribution in [2.24, 2.45) is 0 Å². The Kier molecular flexibility index (Phi) is 4.93. The molecular formula is C16H17N3O6S2. The number of anilines is 1. The highest BCUT2D eigenvalue weighted by atomic mass is 32.2. The van der Waals surface area contributed by atoms with Gasteiger partial charge in [0, 0.05) is 17.7 Å². The first-order valence-electron chi connectivity index (χ1n) is 7.99. The predicted octanol–water partition coefficient (Wildman–Crippen LogP) is 2.14. The molecule has 1 aliphatic carbocycles. The number of nitro benzene ring substituents is 1. The third kappa shape index (κ3) is 4.43. The van der Waals surface area contributed by atoms with Crippen LogP contribution in [0.25, 0.3) is 0 Å². The summed E-state index contributed by atoms with van der Waals surface area (Å²) < 4.78 is 54.4. The van der Waals surface area contributed by atoms with Gasteiger partial charge in [-0.25, -0.2) is 21.6 Å². The van der Waals surface area contributed by atoms with Crippen LogP contribution < -0.4 is 9.44 Å². The fourth-order valence-corrected chi connectivity index (χ4v) is 4.80. The molecule has 1 saturated carbocycles. The Morgan fingerprint density at radius 2 is 1.67 bits per heavy atom. The van der Waals surface area contributed by atoms with Crippen LogP contribution in [0.15, 0.2) is 52.3 Å². The first-order chi connectivity index (χ1) is 12.6. The summed E-state index contributed by atoms with van der Waals surface area (Å²) >= 11 is 0. The normalized spacial score (nSPS) is 14.7. The lowest BCUT2D eigenvalue weighted by Gasteiger charge is -2.11. The van der Waals surface area contributed by atoms with Gasteiger partial charge in [0.05, 0.1) is 20.4 Å². The molecule has 1 fully saturated rings. The average molecular weight is 411 g/mol. The maximum atomic E-state index is 12.5. The highest BCUT2D eigenvalue weighted by molar-refractivity contribution is 7.92. The number of nitro groups is 1. The Balaban J connectivity index is 1.89. The molecule has 1 aliphatic rings. The van der Waals surface area contributed by atoms with Crippen LogP contribution in [0.5, 0.6) is 0 Å². The molecule has 2 aromatic rings. The summed E-state index contributed by atoms with van der Waals surface area (Å²) in [6, 6.07) is 8.85. The topological polar surface area (TPSA) is 135 Å². The van der Waals surface area contributed by atoms with Crippen molar-refractivity contribution < 1.29 is 21.8 Å². The van der Waals surface area contributed by atoms with E-state index >= 15 is 0 Å². The first-order valence-corrected chi connectivity index (χ1v) is 11.0. The summed E-state index contributed by atoms with van der Waals surface area (Å²) in [6.07, 6.45) is 1.55. The number of nitrogens with zero attached hydrogens (tertiary/aromatic N) is 1. The molecule has 0 amide bonds. The molecule has 0 spiro atoms. The summed E-state index contributed by atoms with van der Waals surface area (Å²) in [5.74, 6) is 0. The fourth-order valence-electron chi connectivity index (χ4n) is 2.38. The Labute approximate surface area is 156 Å². The Morgan fingerprint density at radius 1 is 1.00 bits per heavy atom. The number of nitrogens with one attached hydrogen (secondary N) is 2. The van der Waals surface area contributed by atoms with Crippen molar-refractivity contribution in [1.82, 2.24) is 4.72 Å². The van der Waals surface area contributed by atoms with Gasteiger partial charge in [0.1, 0.15) is 0 Å². The zero-order valence-corrected chi connectivity index (χ0v) is 15.9. The van der Waals surface area contributed by atoms with Crippen molar-refractivity contribution in [3.63, 3.8) is 0 Å². The van der Waals surface area contributed by atoms with Crippen molar-refractivity contribution in [3.05, 3.63) is 58.1 Å². The largest absolute Gasteiger partial charge is 0.280 e. The number of benzene rings is 2. The minimum Gasteiger partial charge on any atom is -0.280 e. The molecule has 0 aliphatic heterocycles. The van der Waals surface area contributed by atoms with Crippen molar-refractivity contribution in [1.29, 1.82) is 0 Å². The Morgan fingerprint density at radius 3 is 2.30 bits per heavy atom. The lowest BCUT2D eigenvalue weighted by atomic mass is 10.2. The summed E-state index contributed by atoms with van der Waals surface area (Å²) in [5.41, 5.74) is 0.0536. The molecule has 27 heavy (non-hydrogen) atoms. The number of sulfonamides is 2. The second-order valence-corrected chi connectivity index (χ2v) is 9.63. The van der Waals surface area contributed by atoms with E-state index < -0.39 is 25.0 Å². The van der Waals surface area contributed by atoms with E-state index in [4.69, 9.17) is 0 Å². The molecule has 2 aromatic carbocycles. The average Bonchev–Trinajstić information content (AvgIpc) is 3.38. The van der Waals surface area contributed by atoms with Gasteiger partial charge in [0.15, 0.2) is 0 Å². The van der Waals surface area contributed by atoms with Crippen LogP contribution in [-0.4, -0.2) is 27.8 Å². The van der Waals surface area contributed by atoms with Crippen molar-refractivity contribution in [2.75, 3.05) is 4.72 Å². The zero-order chi connectivity index (χ0) is 19.8. The number of hydrogen-bond donors (Lipinski definition) is 2. The molecule has 11 heteroatoms. The van der Waals surface area contributed by atoms with Gasteiger partial charge in [0.25, 0.3) is 15.7 Å². The number of aryl methyl sites for hydroxylation is 1. The maximum absolute atomic E-state index is 12.5. The summed E-state index contributed by atoms with van der Waals surface area (Å²) in [4.78, 5) is 10.0. The van der Waals surface area contributed by atoms with Gasteiger partial charge in [-0.1, -0.05) is 12.1 Å². The van der Waals surface area contributed by atoms with E-state index in [2.05, 4.69) is 9.44 Å². The molecule has 0 aromatic heterocycles. The highest BCUT2D eigenvalue weighted by Crippen LogP contribution is 2.26. The molecular weight excluding hydrogens is 394 g/mol. The Bertz CT molecular complexity index is 1110. The smallest absolute Gasteiger partial charge is 0.273 e. The summed E-state index contributed by atoms with van der Waals surface area (Å²) in [6.45, 7) is 1.50. The van der Waals surface area contributed by atoms with Gasteiger partial charge >= 0.3 is 0 Å². The third-order valence-electron chi connectivity index (χ3n) is 3.98. The van der Waals surface area contributed by atoms with Gasteiger partial charge in [-0.2, -0.15) is 0 Å². The lowest BCUT2D eigenvalue weighted by molar-refractivity contribution is -0.385. The first kappa shape index (κ1) is 19.3. The van der Waals surface area contributed by atoms with E-state index in [9.17, 15) is 26.9 Å². The molecule has 9 nitrogen and oxygen atoms in total. The third-order valence-corrected chi connectivity index (χ3v) is 6.88. The van der Waals surface area contributed by atoms with Crippen LogP contribution in [0.3, 0.4) is 0 Å². The Hall–Kier alpha value is -2.50. The maximum Gasteiger partial charge on any atom is 0.273 e. The fraction of sp³-hybridized carbons (Fsp3) is 0.250. The van der Waals surface area contributed by atoms with Gasteiger partial charge in [-0.15, -0.1) is 0 Å². The minimum atomic E-state index is -4.13. The van der Waals surface area contributed by atoms with Crippen LogP contribution in [0, 0.1) is 17.0 Å². The molecule has 0 bridgehead atoms. The minimum absolute atomic E-state index is 0.0388. The second-order valence-electron chi connectivity index (χ2n) is 6.23.